The largest absolute Gasteiger partial charge is 0.460 e. The molecule has 0 bridgehead atoms. The third-order valence-corrected chi connectivity index (χ3v) is 2.72. The van der Waals surface area contributed by atoms with E-state index >= 15 is 0 Å². The van der Waals surface area contributed by atoms with Crippen LogP contribution < -0.4 is 5.73 Å². The Kier molecular flexibility index (Phi) is 3.49. The van der Waals surface area contributed by atoms with Crippen molar-refractivity contribution in [3.8, 4) is 6.07 Å². The summed E-state index contributed by atoms with van der Waals surface area (Å²) in [7, 11) is 0. The van der Waals surface area contributed by atoms with E-state index in [4.69, 9.17) is 10.2 Å². The molecule has 0 aliphatic carbocycles. The van der Waals surface area contributed by atoms with Crippen LogP contribution in [0.25, 0.3) is 11.3 Å². The molecular weight excluding hydrogens is 224 g/mol. The molecule has 90 valence electrons. The first kappa shape index (κ1) is 12.0. The molecule has 1 aromatic carbocycles. The third-order valence-electron chi connectivity index (χ3n) is 2.72. The number of nitrogens with zero attached hydrogens (tertiary/aromatic N) is 1. The number of hydrogen-bond donors (Lipinski definition) is 1. The van der Waals surface area contributed by atoms with Crippen molar-refractivity contribution in [2.75, 3.05) is 0 Å². The van der Waals surface area contributed by atoms with Gasteiger partial charge in [-0.05, 0) is 17.7 Å². The minimum absolute atomic E-state index is 0.378. The maximum absolute atomic E-state index is 9.25. The van der Waals surface area contributed by atoms with Gasteiger partial charge in [0.1, 0.15) is 11.8 Å². The van der Waals surface area contributed by atoms with E-state index in [-0.39, 0.29) is 0 Å². The average molecular weight is 238 g/mol. The molecule has 2 N–H and O–H groups in total. The number of hydrogen-bond acceptors (Lipinski definition) is 3. The van der Waals surface area contributed by atoms with Crippen LogP contribution in [-0.2, 0) is 6.42 Å². The predicted molar refractivity (Wildman–Crippen MR) is 71.1 cm³/mol. The van der Waals surface area contributed by atoms with Gasteiger partial charge in [-0.2, -0.15) is 5.26 Å². The van der Waals surface area contributed by atoms with Crippen LogP contribution >= 0.6 is 0 Å². The molecule has 3 nitrogen and oxygen atoms in total. The fraction of sp³-hybridized carbons (Fsp3) is 0.133. The lowest BCUT2D eigenvalue weighted by atomic mass is 10.0. The summed E-state index contributed by atoms with van der Waals surface area (Å²) in [6.45, 7) is 2.00. The molecule has 0 spiro atoms. The van der Waals surface area contributed by atoms with Gasteiger partial charge >= 0.3 is 0 Å². The van der Waals surface area contributed by atoms with Crippen LogP contribution in [-0.4, -0.2) is 0 Å². The SMILES string of the molecule is CCc1ccc(/C(N)=C(/C#N)c2ccccc2)o1. The minimum Gasteiger partial charge on any atom is -0.460 e. The fourth-order valence-electron chi connectivity index (χ4n) is 1.72. The monoisotopic (exact) mass is 238 g/mol. The zero-order valence-electron chi connectivity index (χ0n) is 10.2. The van der Waals surface area contributed by atoms with Gasteiger partial charge in [0.25, 0.3) is 0 Å². The first-order valence-electron chi connectivity index (χ1n) is 5.80. The maximum atomic E-state index is 9.25. The molecular formula is C15H14N2O. The molecule has 18 heavy (non-hydrogen) atoms. The zero-order valence-corrected chi connectivity index (χ0v) is 10.2. The molecule has 3 heteroatoms. The van der Waals surface area contributed by atoms with Gasteiger partial charge in [0.2, 0.25) is 0 Å². The molecule has 0 aliphatic rings. The smallest absolute Gasteiger partial charge is 0.151 e. The van der Waals surface area contributed by atoms with Crippen LogP contribution in [0.4, 0.5) is 0 Å². The highest BCUT2D eigenvalue weighted by atomic mass is 16.3. The Balaban J connectivity index is 2.47. The Bertz CT molecular complexity index is 603. The highest BCUT2D eigenvalue weighted by molar-refractivity contribution is 5.94. The molecule has 0 amide bonds. The Labute approximate surface area is 106 Å². The molecule has 0 aliphatic heterocycles. The zero-order chi connectivity index (χ0) is 13.0. The van der Waals surface area contributed by atoms with Gasteiger partial charge in [-0.1, -0.05) is 37.3 Å². The predicted octanol–water partition coefficient (Wildman–Crippen LogP) is 3.19. The average Bonchev–Trinajstić information content (AvgIpc) is 2.89. The van der Waals surface area contributed by atoms with E-state index in [0.29, 0.717) is 17.0 Å². The van der Waals surface area contributed by atoms with Crippen LogP contribution in [0.15, 0.2) is 46.9 Å². The number of allylic oxidation sites excluding steroid dienone is 1. The van der Waals surface area contributed by atoms with Gasteiger partial charge in [-0.3, -0.25) is 0 Å². The van der Waals surface area contributed by atoms with Gasteiger partial charge in [0, 0.05) is 6.42 Å². The molecule has 2 rings (SSSR count). The van der Waals surface area contributed by atoms with Crippen molar-refractivity contribution in [2.24, 2.45) is 5.73 Å². The van der Waals surface area contributed by atoms with Crippen LogP contribution in [0.2, 0.25) is 0 Å². The van der Waals surface area contributed by atoms with Gasteiger partial charge in [0.15, 0.2) is 5.76 Å². The lowest BCUT2D eigenvalue weighted by Crippen LogP contribution is -1.99. The fourth-order valence-corrected chi connectivity index (χ4v) is 1.72. The summed E-state index contributed by atoms with van der Waals surface area (Å²) in [6.07, 6.45) is 0.806. The van der Waals surface area contributed by atoms with Crippen molar-refractivity contribution in [1.29, 1.82) is 5.26 Å². The highest BCUT2D eigenvalue weighted by Crippen LogP contribution is 2.23. The molecule has 0 saturated carbocycles. The van der Waals surface area contributed by atoms with Gasteiger partial charge in [0.05, 0.1) is 11.3 Å². The van der Waals surface area contributed by atoms with E-state index < -0.39 is 0 Å². The molecule has 0 saturated heterocycles. The minimum atomic E-state index is 0.378. The number of furan rings is 1. The third kappa shape index (κ3) is 2.28. The van der Waals surface area contributed by atoms with Crippen molar-refractivity contribution in [3.63, 3.8) is 0 Å². The molecule has 0 radical (unpaired) electrons. The molecule has 2 aromatic rings. The first-order chi connectivity index (χ1) is 8.76. The first-order valence-corrected chi connectivity index (χ1v) is 5.80. The van der Waals surface area contributed by atoms with Crippen LogP contribution in [0.3, 0.4) is 0 Å². The number of aryl methyl sites for hydroxylation is 1. The Hall–Kier alpha value is -2.47. The summed E-state index contributed by atoms with van der Waals surface area (Å²) >= 11 is 0. The van der Waals surface area contributed by atoms with E-state index in [0.717, 1.165) is 17.7 Å². The number of rotatable bonds is 3. The van der Waals surface area contributed by atoms with Crippen LogP contribution in [0, 0.1) is 11.3 Å². The van der Waals surface area contributed by atoms with Gasteiger partial charge in [-0.15, -0.1) is 0 Å². The van der Waals surface area contributed by atoms with Crippen LogP contribution in [0.1, 0.15) is 24.0 Å². The standard InChI is InChI=1S/C15H14N2O/c1-2-12-8-9-14(18-12)15(17)13(10-16)11-6-4-3-5-7-11/h3-9H,2,17H2,1H3/b15-13+. The van der Waals surface area contributed by atoms with Crippen molar-refractivity contribution in [1.82, 2.24) is 0 Å². The summed E-state index contributed by atoms with van der Waals surface area (Å²) in [4.78, 5) is 0. The maximum Gasteiger partial charge on any atom is 0.151 e. The second kappa shape index (κ2) is 5.24. The summed E-state index contributed by atoms with van der Waals surface area (Å²) in [5.41, 5.74) is 7.63. The summed E-state index contributed by atoms with van der Waals surface area (Å²) in [5, 5.41) is 9.25. The summed E-state index contributed by atoms with van der Waals surface area (Å²) in [5.74, 6) is 1.41. The van der Waals surface area contributed by atoms with E-state index in [9.17, 15) is 5.26 Å². The summed E-state index contributed by atoms with van der Waals surface area (Å²) < 4.78 is 5.56. The Morgan fingerprint density at radius 1 is 1.22 bits per heavy atom. The number of benzene rings is 1. The lowest BCUT2D eigenvalue weighted by molar-refractivity contribution is 0.504. The summed E-state index contributed by atoms with van der Waals surface area (Å²) in [6, 6.07) is 15.2. The quantitative estimate of drug-likeness (QED) is 0.835. The molecule has 1 heterocycles. The van der Waals surface area contributed by atoms with Gasteiger partial charge in [-0.25, -0.2) is 0 Å². The molecule has 0 atom stereocenters. The lowest BCUT2D eigenvalue weighted by Gasteiger charge is -2.03. The Morgan fingerprint density at radius 2 is 1.94 bits per heavy atom. The Morgan fingerprint density at radius 3 is 2.50 bits per heavy atom. The molecule has 0 fully saturated rings. The van der Waals surface area contributed by atoms with E-state index in [1.807, 2.05) is 43.3 Å². The van der Waals surface area contributed by atoms with Crippen molar-refractivity contribution in [3.05, 3.63) is 59.5 Å². The van der Waals surface area contributed by atoms with E-state index in [1.165, 1.54) is 0 Å². The van der Waals surface area contributed by atoms with E-state index in [1.54, 1.807) is 6.07 Å². The highest BCUT2D eigenvalue weighted by Gasteiger charge is 2.11. The molecule has 1 aromatic heterocycles. The topological polar surface area (TPSA) is 63.0 Å². The van der Waals surface area contributed by atoms with Gasteiger partial charge < -0.3 is 10.2 Å². The second-order valence-electron chi connectivity index (χ2n) is 3.89. The van der Waals surface area contributed by atoms with Crippen molar-refractivity contribution < 1.29 is 4.42 Å². The second-order valence-corrected chi connectivity index (χ2v) is 3.89. The van der Waals surface area contributed by atoms with E-state index in [2.05, 4.69) is 6.07 Å². The van der Waals surface area contributed by atoms with Crippen molar-refractivity contribution >= 4 is 11.3 Å². The number of nitrogens with two attached hydrogens (primary N) is 1. The molecule has 0 unspecified atom stereocenters. The number of nitriles is 1. The normalized spacial score (nSPS) is 11.8. The van der Waals surface area contributed by atoms with Crippen molar-refractivity contribution in [2.45, 2.75) is 13.3 Å². The van der Waals surface area contributed by atoms with Crippen LogP contribution in [0.5, 0.6) is 0 Å².